The number of rotatable bonds is 8. The molecule has 0 saturated heterocycles. The number of para-hydroxylation sites is 2. The minimum absolute atomic E-state index is 0.0718. The summed E-state index contributed by atoms with van der Waals surface area (Å²) < 4.78 is 0. The molecule has 2 rings (SSSR count). The Morgan fingerprint density at radius 3 is 2.69 bits per heavy atom. The molecule has 0 aliphatic rings. The molecule has 2 aromatic rings. The summed E-state index contributed by atoms with van der Waals surface area (Å²) in [5.41, 5.74) is 1.63. The van der Waals surface area contributed by atoms with Gasteiger partial charge in [-0.2, -0.15) is 0 Å². The Balaban J connectivity index is 1.86. The van der Waals surface area contributed by atoms with Crippen LogP contribution in [-0.2, 0) is 6.54 Å². The molecule has 140 valence electrons. The zero-order chi connectivity index (χ0) is 18.9. The average Bonchev–Trinajstić information content (AvgIpc) is 2.94. The first-order valence-corrected chi connectivity index (χ1v) is 9.25. The molecule has 0 radical (unpaired) electrons. The van der Waals surface area contributed by atoms with Crippen LogP contribution in [0.25, 0.3) is 0 Å². The van der Waals surface area contributed by atoms with Gasteiger partial charge in [0.05, 0.1) is 17.2 Å². The summed E-state index contributed by atoms with van der Waals surface area (Å²) in [5, 5.41) is 21.5. The maximum atomic E-state index is 11.0. The van der Waals surface area contributed by atoms with E-state index in [0.717, 1.165) is 17.2 Å². The second kappa shape index (κ2) is 9.71. The molecule has 3 N–H and O–H groups in total. The van der Waals surface area contributed by atoms with Crippen molar-refractivity contribution in [1.29, 1.82) is 0 Å². The molecule has 0 saturated carbocycles. The van der Waals surface area contributed by atoms with Crippen LogP contribution in [0.15, 0.2) is 29.3 Å². The summed E-state index contributed by atoms with van der Waals surface area (Å²) >= 11 is 1.65. The number of thiazole rings is 1. The van der Waals surface area contributed by atoms with Crippen LogP contribution in [0.1, 0.15) is 22.5 Å². The number of hydrogen-bond donors (Lipinski definition) is 3. The largest absolute Gasteiger partial charge is 0.378 e. The fraction of sp³-hybridized carbons (Fsp3) is 0.412. The van der Waals surface area contributed by atoms with Gasteiger partial charge in [0.2, 0.25) is 0 Å². The van der Waals surface area contributed by atoms with Gasteiger partial charge in [-0.05, 0) is 26.8 Å². The Morgan fingerprint density at radius 1 is 1.27 bits per heavy atom. The van der Waals surface area contributed by atoms with Crippen LogP contribution in [0, 0.1) is 24.0 Å². The number of nitro groups is 1. The van der Waals surface area contributed by atoms with Crippen LogP contribution in [-0.4, -0.2) is 35.5 Å². The molecule has 0 bridgehead atoms. The number of nitrogens with one attached hydrogen (secondary N) is 3. The first kappa shape index (κ1) is 19.6. The second-order valence-corrected chi connectivity index (χ2v) is 6.86. The van der Waals surface area contributed by atoms with Crippen molar-refractivity contribution in [3.05, 3.63) is 50.0 Å². The third-order valence-electron chi connectivity index (χ3n) is 3.62. The van der Waals surface area contributed by atoms with Crippen molar-refractivity contribution in [3.8, 4) is 0 Å². The number of guanidine groups is 1. The molecule has 0 amide bonds. The number of aromatic nitrogens is 1. The van der Waals surface area contributed by atoms with E-state index in [0.29, 0.717) is 31.3 Å². The van der Waals surface area contributed by atoms with Gasteiger partial charge in [-0.25, -0.2) is 9.98 Å². The van der Waals surface area contributed by atoms with Crippen molar-refractivity contribution in [2.75, 3.05) is 25.0 Å². The predicted octanol–water partition coefficient (Wildman–Crippen LogP) is 2.84. The van der Waals surface area contributed by atoms with Gasteiger partial charge in [0.15, 0.2) is 5.96 Å². The van der Waals surface area contributed by atoms with Gasteiger partial charge in [0.25, 0.3) is 5.69 Å². The molecule has 9 heteroatoms. The summed E-state index contributed by atoms with van der Waals surface area (Å²) in [6.45, 7) is 8.43. The van der Waals surface area contributed by atoms with Crippen LogP contribution in [0.4, 0.5) is 11.4 Å². The lowest BCUT2D eigenvalue weighted by atomic mass is 10.2. The highest BCUT2D eigenvalue weighted by Gasteiger charge is 2.11. The standard InChI is InChI=1S/C17H24N6O2S/c1-4-18-17(21-11-16-22-12(2)13(3)26-16)20-10-9-19-14-7-5-6-8-15(14)23(24)25/h5-8,19H,4,9-11H2,1-3H3,(H2,18,20,21). The molecule has 0 aliphatic carbocycles. The van der Waals surface area contributed by atoms with Crippen molar-refractivity contribution in [2.45, 2.75) is 27.3 Å². The van der Waals surface area contributed by atoms with Crippen molar-refractivity contribution >= 4 is 28.7 Å². The first-order chi connectivity index (χ1) is 12.5. The average molecular weight is 376 g/mol. The molecule has 8 nitrogen and oxygen atoms in total. The van der Waals surface area contributed by atoms with E-state index in [1.807, 2.05) is 13.8 Å². The van der Waals surface area contributed by atoms with E-state index in [2.05, 4.69) is 32.9 Å². The minimum Gasteiger partial charge on any atom is -0.378 e. The summed E-state index contributed by atoms with van der Waals surface area (Å²) in [5.74, 6) is 0.697. The third-order valence-corrected chi connectivity index (χ3v) is 4.68. The molecule has 0 atom stereocenters. The molecule has 0 spiro atoms. The van der Waals surface area contributed by atoms with Gasteiger partial charge in [0, 0.05) is 30.6 Å². The summed E-state index contributed by atoms with van der Waals surface area (Å²) in [4.78, 5) is 20.8. The van der Waals surface area contributed by atoms with E-state index in [1.165, 1.54) is 10.9 Å². The van der Waals surface area contributed by atoms with Gasteiger partial charge in [0.1, 0.15) is 10.7 Å². The Kier molecular flexibility index (Phi) is 7.34. The molecule has 1 heterocycles. The van der Waals surface area contributed by atoms with Crippen molar-refractivity contribution < 1.29 is 4.92 Å². The van der Waals surface area contributed by atoms with Crippen LogP contribution >= 0.6 is 11.3 Å². The Bertz CT molecular complexity index is 755. The number of nitro benzene ring substituents is 1. The van der Waals surface area contributed by atoms with Gasteiger partial charge in [-0.1, -0.05) is 12.1 Å². The van der Waals surface area contributed by atoms with E-state index in [-0.39, 0.29) is 10.6 Å². The maximum absolute atomic E-state index is 11.0. The third kappa shape index (κ3) is 5.69. The number of aliphatic imine (C=N–C) groups is 1. The maximum Gasteiger partial charge on any atom is 0.292 e. The number of benzene rings is 1. The van der Waals surface area contributed by atoms with E-state index < -0.39 is 0 Å². The van der Waals surface area contributed by atoms with Crippen LogP contribution < -0.4 is 16.0 Å². The van der Waals surface area contributed by atoms with Crippen LogP contribution in [0.5, 0.6) is 0 Å². The van der Waals surface area contributed by atoms with Gasteiger partial charge < -0.3 is 16.0 Å². The highest BCUT2D eigenvalue weighted by Crippen LogP contribution is 2.22. The molecule has 0 unspecified atom stereocenters. The number of hydrogen-bond acceptors (Lipinski definition) is 6. The fourth-order valence-corrected chi connectivity index (χ4v) is 3.11. The highest BCUT2D eigenvalue weighted by atomic mass is 32.1. The molecule has 0 aliphatic heterocycles. The van der Waals surface area contributed by atoms with E-state index >= 15 is 0 Å². The lowest BCUT2D eigenvalue weighted by Crippen LogP contribution is -2.39. The lowest BCUT2D eigenvalue weighted by molar-refractivity contribution is -0.384. The van der Waals surface area contributed by atoms with Crippen molar-refractivity contribution in [3.63, 3.8) is 0 Å². The monoisotopic (exact) mass is 376 g/mol. The molecule has 26 heavy (non-hydrogen) atoms. The van der Waals surface area contributed by atoms with Gasteiger partial charge in [-0.15, -0.1) is 11.3 Å². The quantitative estimate of drug-likeness (QED) is 0.215. The van der Waals surface area contributed by atoms with E-state index in [1.54, 1.807) is 29.5 Å². The van der Waals surface area contributed by atoms with Crippen LogP contribution in [0.3, 0.4) is 0 Å². The Hall–Kier alpha value is -2.68. The molecular weight excluding hydrogens is 352 g/mol. The van der Waals surface area contributed by atoms with E-state index in [9.17, 15) is 10.1 Å². The van der Waals surface area contributed by atoms with E-state index in [4.69, 9.17) is 0 Å². The number of aryl methyl sites for hydroxylation is 2. The normalized spacial score (nSPS) is 11.3. The van der Waals surface area contributed by atoms with Gasteiger partial charge in [-0.3, -0.25) is 10.1 Å². The molecule has 1 aromatic carbocycles. The fourth-order valence-electron chi connectivity index (χ4n) is 2.26. The van der Waals surface area contributed by atoms with Crippen molar-refractivity contribution in [1.82, 2.24) is 15.6 Å². The Labute approximate surface area is 156 Å². The predicted molar refractivity (Wildman–Crippen MR) is 106 cm³/mol. The Morgan fingerprint density at radius 2 is 2.04 bits per heavy atom. The highest BCUT2D eigenvalue weighted by molar-refractivity contribution is 7.11. The summed E-state index contributed by atoms with van der Waals surface area (Å²) in [6.07, 6.45) is 0. The van der Waals surface area contributed by atoms with Gasteiger partial charge >= 0.3 is 0 Å². The number of nitrogens with zero attached hydrogens (tertiary/aromatic N) is 3. The zero-order valence-electron chi connectivity index (χ0n) is 15.2. The van der Waals surface area contributed by atoms with Crippen LogP contribution in [0.2, 0.25) is 0 Å². The smallest absolute Gasteiger partial charge is 0.292 e. The first-order valence-electron chi connectivity index (χ1n) is 8.43. The minimum atomic E-state index is -0.390. The summed E-state index contributed by atoms with van der Waals surface area (Å²) in [6, 6.07) is 6.61. The molecule has 1 aromatic heterocycles. The zero-order valence-corrected chi connectivity index (χ0v) is 16.0. The lowest BCUT2D eigenvalue weighted by Gasteiger charge is -2.12. The summed E-state index contributed by atoms with van der Waals surface area (Å²) in [7, 11) is 0. The topological polar surface area (TPSA) is 104 Å². The molecular formula is C17H24N6O2S. The van der Waals surface area contributed by atoms with Crippen molar-refractivity contribution in [2.24, 2.45) is 4.99 Å². The molecule has 0 fully saturated rings. The second-order valence-electron chi connectivity index (χ2n) is 5.57. The number of anilines is 1. The SMILES string of the molecule is CCNC(=NCc1nc(C)c(C)s1)NCCNc1ccccc1[N+](=O)[O-].